The predicted molar refractivity (Wildman–Crippen MR) is 106 cm³/mol. The Hall–Kier alpha value is -2.80. The average Bonchev–Trinajstić information content (AvgIpc) is 3.25. The number of anilines is 2. The Balaban J connectivity index is 1.63. The minimum atomic E-state index is -0.425. The summed E-state index contributed by atoms with van der Waals surface area (Å²) in [5.41, 5.74) is 1.84. The molecule has 1 aromatic rings. The number of aromatic nitrogens is 1. The second kappa shape index (κ2) is 8.26. The molecule has 3 rings (SSSR count). The number of hydrogen-bond donors (Lipinski definition) is 3. The quantitative estimate of drug-likeness (QED) is 0.392. The fourth-order valence-electron chi connectivity index (χ4n) is 3.84. The molecule has 1 aliphatic heterocycles. The van der Waals surface area contributed by atoms with E-state index in [0.29, 0.717) is 29.7 Å². The van der Waals surface area contributed by atoms with E-state index in [1.54, 1.807) is 19.2 Å². The van der Waals surface area contributed by atoms with Crippen LogP contribution in [-0.4, -0.2) is 47.0 Å². The Morgan fingerprint density at radius 3 is 2.85 bits per heavy atom. The van der Waals surface area contributed by atoms with Crippen molar-refractivity contribution in [1.29, 1.82) is 5.41 Å². The summed E-state index contributed by atoms with van der Waals surface area (Å²) in [6.45, 7) is 6.70. The number of likely N-dealkylation sites (tertiary alicyclic amines) is 1. The molecule has 0 spiro atoms. The molecule has 0 radical (unpaired) electrons. The zero-order valence-corrected chi connectivity index (χ0v) is 15.5. The van der Waals surface area contributed by atoms with Crippen LogP contribution in [0.3, 0.4) is 0 Å². The van der Waals surface area contributed by atoms with E-state index in [4.69, 9.17) is 5.41 Å². The number of carbonyl (C=O) groups is 2. The van der Waals surface area contributed by atoms with Crippen LogP contribution in [0.2, 0.25) is 0 Å². The van der Waals surface area contributed by atoms with Crippen LogP contribution in [0.5, 0.6) is 0 Å². The number of piperidine rings is 1. The highest BCUT2D eigenvalue weighted by Gasteiger charge is 2.38. The van der Waals surface area contributed by atoms with Gasteiger partial charge in [0.05, 0.1) is 35.4 Å². The molecule has 1 aromatic heterocycles. The van der Waals surface area contributed by atoms with Crippen LogP contribution in [0.4, 0.5) is 11.4 Å². The van der Waals surface area contributed by atoms with Crippen molar-refractivity contribution in [3.05, 3.63) is 42.3 Å². The first-order valence-corrected chi connectivity index (χ1v) is 9.15. The number of nitrogens with zero attached hydrogens (tertiary/aromatic N) is 2. The van der Waals surface area contributed by atoms with Crippen molar-refractivity contribution < 1.29 is 9.59 Å². The molecule has 1 aliphatic carbocycles. The first kappa shape index (κ1) is 19.0. The maximum Gasteiger partial charge on any atom is 0.257 e. The van der Waals surface area contributed by atoms with Crippen molar-refractivity contribution in [1.82, 2.24) is 9.88 Å². The molecule has 2 heterocycles. The molecule has 3 N–H and O–H groups in total. The van der Waals surface area contributed by atoms with Gasteiger partial charge in [0, 0.05) is 18.8 Å². The third-order valence-corrected chi connectivity index (χ3v) is 5.20. The van der Waals surface area contributed by atoms with Gasteiger partial charge in [0.1, 0.15) is 0 Å². The van der Waals surface area contributed by atoms with E-state index in [0.717, 1.165) is 18.7 Å². The lowest BCUT2D eigenvalue weighted by molar-refractivity contribution is -0.117. The van der Waals surface area contributed by atoms with Crippen molar-refractivity contribution in [2.45, 2.75) is 32.2 Å². The van der Waals surface area contributed by atoms with Gasteiger partial charge in [0.25, 0.3) is 5.91 Å². The van der Waals surface area contributed by atoms with Crippen LogP contribution in [-0.2, 0) is 9.59 Å². The van der Waals surface area contributed by atoms with E-state index in [-0.39, 0.29) is 11.5 Å². The highest BCUT2D eigenvalue weighted by molar-refractivity contribution is 6.17. The van der Waals surface area contributed by atoms with Gasteiger partial charge in [-0.3, -0.25) is 19.5 Å². The minimum Gasteiger partial charge on any atom is -0.324 e. The van der Waals surface area contributed by atoms with Crippen molar-refractivity contribution in [2.75, 3.05) is 23.7 Å². The van der Waals surface area contributed by atoms with Crippen molar-refractivity contribution in [3.8, 4) is 0 Å². The van der Waals surface area contributed by atoms with Crippen LogP contribution >= 0.6 is 0 Å². The minimum absolute atomic E-state index is 0.0720. The Bertz CT molecular complexity index is 802. The lowest BCUT2D eigenvalue weighted by Gasteiger charge is -2.25. The van der Waals surface area contributed by atoms with Gasteiger partial charge in [-0.1, -0.05) is 12.7 Å². The lowest BCUT2D eigenvalue weighted by atomic mass is 10.1. The summed E-state index contributed by atoms with van der Waals surface area (Å²) in [6.07, 6.45) is 9.14. The molecule has 1 saturated carbocycles. The summed E-state index contributed by atoms with van der Waals surface area (Å²) >= 11 is 0. The molecule has 2 fully saturated rings. The van der Waals surface area contributed by atoms with Crippen LogP contribution in [0.1, 0.15) is 25.0 Å². The number of hydrogen-bond acceptors (Lipinski definition) is 5. The highest BCUT2D eigenvalue weighted by atomic mass is 16.2. The van der Waals surface area contributed by atoms with Crippen LogP contribution in [0.15, 0.2) is 36.6 Å². The van der Waals surface area contributed by atoms with Gasteiger partial charge < -0.3 is 16.0 Å². The molecule has 2 aliphatic rings. The monoisotopic (exact) mass is 367 g/mol. The van der Waals surface area contributed by atoms with Crippen molar-refractivity contribution in [2.24, 2.45) is 5.92 Å². The molecule has 2 unspecified atom stereocenters. The Kier molecular flexibility index (Phi) is 5.81. The summed E-state index contributed by atoms with van der Waals surface area (Å²) < 4.78 is 0. The van der Waals surface area contributed by atoms with E-state index in [1.807, 2.05) is 0 Å². The molecule has 0 aromatic carbocycles. The molecule has 7 heteroatoms. The Labute approximate surface area is 159 Å². The van der Waals surface area contributed by atoms with Gasteiger partial charge in [-0.05, 0) is 44.2 Å². The predicted octanol–water partition coefficient (Wildman–Crippen LogP) is 2.51. The van der Waals surface area contributed by atoms with E-state index in [2.05, 4.69) is 27.1 Å². The normalized spacial score (nSPS) is 21.7. The summed E-state index contributed by atoms with van der Waals surface area (Å²) in [7, 11) is 0. The topological polar surface area (TPSA) is 98.2 Å². The number of aryl methyl sites for hydroxylation is 1. The number of pyridine rings is 1. The molecule has 7 nitrogen and oxygen atoms in total. The molecule has 2 amide bonds. The molecular weight excluding hydrogens is 342 g/mol. The van der Waals surface area contributed by atoms with E-state index in [1.165, 1.54) is 31.4 Å². The highest BCUT2D eigenvalue weighted by Crippen LogP contribution is 2.37. The zero-order valence-electron chi connectivity index (χ0n) is 15.5. The number of fused-ring (bicyclic) bond motifs is 2. The van der Waals surface area contributed by atoms with Gasteiger partial charge in [0.15, 0.2) is 0 Å². The second-order valence-corrected chi connectivity index (χ2v) is 7.12. The lowest BCUT2D eigenvalue weighted by Crippen LogP contribution is -2.38. The number of rotatable bonds is 7. The molecule has 1 saturated heterocycles. The number of nitrogens with one attached hydrogen (secondary N) is 3. The summed E-state index contributed by atoms with van der Waals surface area (Å²) in [6, 6.07) is 2.23. The van der Waals surface area contributed by atoms with Crippen LogP contribution in [0.25, 0.3) is 0 Å². The maximum absolute atomic E-state index is 12.4. The van der Waals surface area contributed by atoms with Crippen LogP contribution < -0.4 is 10.6 Å². The molecular formula is C20H25N5O2. The van der Waals surface area contributed by atoms with Crippen molar-refractivity contribution in [3.63, 3.8) is 0 Å². The largest absolute Gasteiger partial charge is 0.324 e. The SMILES string of the molecule is C=CC=C(C=N)C(=O)Nc1cc(NC(=O)CN2CC3CCC2C3)cnc1C. The fraction of sp³-hybridized carbons (Fsp3) is 0.400. The molecule has 27 heavy (non-hydrogen) atoms. The van der Waals surface area contributed by atoms with Gasteiger partial charge in [-0.2, -0.15) is 0 Å². The number of carbonyl (C=O) groups excluding carboxylic acids is 2. The Morgan fingerprint density at radius 2 is 2.22 bits per heavy atom. The van der Waals surface area contributed by atoms with Crippen LogP contribution in [0, 0.1) is 18.3 Å². The van der Waals surface area contributed by atoms with Gasteiger partial charge >= 0.3 is 0 Å². The van der Waals surface area contributed by atoms with E-state index < -0.39 is 5.91 Å². The summed E-state index contributed by atoms with van der Waals surface area (Å²) in [5, 5.41) is 12.9. The smallest absolute Gasteiger partial charge is 0.257 e. The summed E-state index contributed by atoms with van der Waals surface area (Å²) in [5.74, 6) is 0.251. The Morgan fingerprint density at radius 1 is 1.41 bits per heavy atom. The van der Waals surface area contributed by atoms with E-state index >= 15 is 0 Å². The first-order chi connectivity index (χ1) is 13.0. The molecule has 142 valence electrons. The van der Waals surface area contributed by atoms with Gasteiger partial charge in [-0.25, -0.2) is 0 Å². The summed E-state index contributed by atoms with van der Waals surface area (Å²) in [4.78, 5) is 31.1. The molecule has 2 bridgehead atoms. The van der Waals surface area contributed by atoms with Gasteiger partial charge in [-0.15, -0.1) is 0 Å². The zero-order chi connectivity index (χ0) is 19.4. The molecule has 2 atom stereocenters. The van der Waals surface area contributed by atoms with Gasteiger partial charge in [0.2, 0.25) is 5.91 Å². The third-order valence-electron chi connectivity index (χ3n) is 5.20. The maximum atomic E-state index is 12.4. The first-order valence-electron chi connectivity index (χ1n) is 9.15. The average molecular weight is 367 g/mol. The standard InChI is InChI=1S/C20H25N5O2/c1-3-4-15(9-21)20(27)24-18-8-16(10-22-13(18)2)23-19(26)12-25-11-14-5-6-17(25)7-14/h3-4,8-10,14,17,21H,1,5-7,11-12H2,2H3,(H,23,26)(H,24,27). The van der Waals surface area contributed by atoms with E-state index in [9.17, 15) is 9.59 Å². The number of amides is 2. The van der Waals surface area contributed by atoms with Crippen molar-refractivity contribution >= 4 is 29.4 Å². The fourth-order valence-corrected chi connectivity index (χ4v) is 3.84. The second-order valence-electron chi connectivity index (χ2n) is 7.12. The number of allylic oxidation sites excluding steroid dienone is 2. The third kappa shape index (κ3) is 4.49.